The van der Waals surface area contributed by atoms with E-state index in [1.54, 1.807) is 21.0 Å². The monoisotopic (exact) mass is 523 g/mol. The lowest BCUT2D eigenvalue weighted by atomic mass is 9.93. The molecule has 1 aliphatic rings. The highest BCUT2D eigenvalue weighted by Crippen LogP contribution is 2.33. The first-order valence-corrected chi connectivity index (χ1v) is 9.58. The summed E-state index contributed by atoms with van der Waals surface area (Å²) < 4.78 is 5.47. The van der Waals surface area contributed by atoms with Crippen molar-refractivity contribution >= 4 is 53.1 Å². The number of halogens is 2. The van der Waals surface area contributed by atoms with Gasteiger partial charge in [-0.15, -0.1) is 24.0 Å². The van der Waals surface area contributed by atoms with Crippen LogP contribution >= 0.6 is 35.6 Å². The standard InChI is InChI=1S/C19H30ClN5O2.HI/c1-5-22-18(23-12-19(2,3)17(21)26)24-14-8-9-25(11-14)15-10-13(20)6-7-16(15)27-4;/h6-7,10,14H,5,8-9,11-12H2,1-4H3,(H2,21,26)(H2,22,23,24);1H. The van der Waals surface area contributed by atoms with Gasteiger partial charge in [0.25, 0.3) is 0 Å². The number of carbonyl (C=O) groups excluding carboxylic acids is 1. The number of hydrogen-bond donors (Lipinski definition) is 3. The smallest absolute Gasteiger partial charge is 0.224 e. The van der Waals surface area contributed by atoms with Gasteiger partial charge in [-0.2, -0.15) is 0 Å². The highest BCUT2D eigenvalue weighted by Gasteiger charge is 2.27. The minimum Gasteiger partial charge on any atom is -0.495 e. The van der Waals surface area contributed by atoms with E-state index in [4.69, 9.17) is 22.1 Å². The van der Waals surface area contributed by atoms with Crippen molar-refractivity contribution in [3.05, 3.63) is 23.2 Å². The number of nitrogens with two attached hydrogens (primary N) is 1. The van der Waals surface area contributed by atoms with Crippen LogP contribution in [0.5, 0.6) is 5.75 Å². The van der Waals surface area contributed by atoms with Crippen molar-refractivity contribution in [1.82, 2.24) is 10.6 Å². The number of nitrogens with zero attached hydrogens (tertiary/aromatic N) is 2. The summed E-state index contributed by atoms with van der Waals surface area (Å²) in [7, 11) is 1.66. The molecule has 1 unspecified atom stereocenters. The summed E-state index contributed by atoms with van der Waals surface area (Å²) in [4.78, 5) is 18.3. The van der Waals surface area contributed by atoms with Crippen LogP contribution in [0.1, 0.15) is 27.2 Å². The van der Waals surface area contributed by atoms with Crippen molar-refractivity contribution in [3.8, 4) is 5.75 Å². The first-order chi connectivity index (χ1) is 12.8. The Bertz CT molecular complexity index is 699. The highest BCUT2D eigenvalue weighted by atomic mass is 127. The number of amides is 1. The Morgan fingerprint density at radius 3 is 2.79 bits per heavy atom. The molecule has 0 saturated carbocycles. The topological polar surface area (TPSA) is 92.0 Å². The Morgan fingerprint density at radius 2 is 2.18 bits per heavy atom. The summed E-state index contributed by atoms with van der Waals surface area (Å²) in [6.45, 7) is 8.36. The van der Waals surface area contributed by atoms with E-state index >= 15 is 0 Å². The summed E-state index contributed by atoms with van der Waals surface area (Å²) in [6, 6.07) is 5.86. The molecule has 1 aromatic carbocycles. The zero-order valence-electron chi connectivity index (χ0n) is 16.9. The van der Waals surface area contributed by atoms with Crippen molar-refractivity contribution in [2.75, 3.05) is 38.2 Å². The lowest BCUT2D eigenvalue weighted by Gasteiger charge is -2.23. The maximum absolute atomic E-state index is 11.5. The fourth-order valence-electron chi connectivity index (χ4n) is 2.88. The zero-order valence-corrected chi connectivity index (χ0v) is 20.0. The van der Waals surface area contributed by atoms with Crippen LogP contribution in [0.15, 0.2) is 23.2 Å². The zero-order chi connectivity index (χ0) is 20.0. The third-order valence-electron chi connectivity index (χ3n) is 4.65. The SMILES string of the molecule is CCNC(=NCC(C)(C)C(N)=O)NC1CCN(c2cc(Cl)ccc2OC)C1.I. The van der Waals surface area contributed by atoms with Gasteiger partial charge in [0.05, 0.1) is 24.8 Å². The van der Waals surface area contributed by atoms with Crippen LogP contribution in [0, 0.1) is 5.41 Å². The van der Waals surface area contributed by atoms with E-state index in [1.807, 2.05) is 25.1 Å². The number of primary amides is 1. The molecule has 0 radical (unpaired) electrons. The summed E-state index contributed by atoms with van der Waals surface area (Å²) in [5.41, 5.74) is 5.75. The second-order valence-electron chi connectivity index (χ2n) is 7.34. The molecule has 158 valence electrons. The number of ether oxygens (including phenoxy) is 1. The predicted octanol–water partition coefficient (Wildman–Crippen LogP) is 2.61. The van der Waals surface area contributed by atoms with Gasteiger partial charge in [-0.05, 0) is 45.4 Å². The normalized spacial score (nSPS) is 17.1. The summed E-state index contributed by atoms with van der Waals surface area (Å²) in [5.74, 6) is 1.14. The highest BCUT2D eigenvalue weighted by molar-refractivity contribution is 14.0. The third kappa shape index (κ3) is 6.58. The molecular formula is C19H31ClIN5O2. The minimum absolute atomic E-state index is 0. The van der Waals surface area contributed by atoms with Crippen LogP contribution in [0.3, 0.4) is 0 Å². The van der Waals surface area contributed by atoms with Crippen molar-refractivity contribution in [2.45, 2.75) is 33.2 Å². The number of nitrogens with one attached hydrogen (secondary N) is 2. The van der Waals surface area contributed by atoms with E-state index in [1.165, 1.54) is 0 Å². The van der Waals surface area contributed by atoms with Crippen molar-refractivity contribution in [3.63, 3.8) is 0 Å². The summed E-state index contributed by atoms with van der Waals surface area (Å²) >= 11 is 6.16. The van der Waals surface area contributed by atoms with E-state index in [0.29, 0.717) is 17.5 Å². The second-order valence-corrected chi connectivity index (χ2v) is 7.77. The molecule has 0 aliphatic carbocycles. The molecule has 1 amide bonds. The van der Waals surface area contributed by atoms with Gasteiger partial charge in [0.1, 0.15) is 5.75 Å². The van der Waals surface area contributed by atoms with Crippen LogP contribution in [-0.4, -0.2) is 51.2 Å². The van der Waals surface area contributed by atoms with Gasteiger partial charge in [0, 0.05) is 30.7 Å². The maximum atomic E-state index is 11.5. The quantitative estimate of drug-likeness (QED) is 0.290. The molecule has 1 aliphatic heterocycles. The van der Waals surface area contributed by atoms with E-state index in [2.05, 4.69) is 20.5 Å². The Labute approximate surface area is 189 Å². The van der Waals surface area contributed by atoms with E-state index in [0.717, 1.165) is 37.5 Å². The Morgan fingerprint density at radius 1 is 1.46 bits per heavy atom. The molecule has 0 aromatic heterocycles. The van der Waals surface area contributed by atoms with Gasteiger partial charge < -0.3 is 26.0 Å². The fraction of sp³-hybridized carbons (Fsp3) is 0.579. The maximum Gasteiger partial charge on any atom is 0.224 e. The lowest BCUT2D eigenvalue weighted by Crippen LogP contribution is -2.45. The number of guanidine groups is 1. The molecule has 1 heterocycles. The van der Waals surface area contributed by atoms with Gasteiger partial charge in [-0.3, -0.25) is 9.79 Å². The largest absolute Gasteiger partial charge is 0.495 e. The summed E-state index contributed by atoms with van der Waals surface area (Å²) in [5, 5.41) is 7.37. The van der Waals surface area contributed by atoms with Gasteiger partial charge >= 0.3 is 0 Å². The molecule has 4 N–H and O–H groups in total. The van der Waals surface area contributed by atoms with Crippen LogP contribution in [0.25, 0.3) is 0 Å². The predicted molar refractivity (Wildman–Crippen MR) is 126 cm³/mol. The number of carbonyl (C=O) groups is 1. The van der Waals surface area contributed by atoms with Gasteiger partial charge in [0.15, 0.2) is 5.96 Å². The minimum atomic E-state index is -0.682. The average molecular weight is 524 g/mol. The number of benzene rings is 1. The van der Waals surface area contributed by atoms with E-state index < -0.39 is 5.41 Å². The Hall–Kier alpha value is -1.42. The first-order valence-electron chi connectivity index (χ1n) is 9.20. The molecule has 0 spiro atoms. The van der Waals surface area contributed by atoms with Crippen molar-refractivity contribution in [1.29, 1.82) is 0 Å². The average Bonchev–Trinajstić information content (AvgIpc) is 3.08. The molecule has 9 heteroatoms. The Kier molecular flexibility index (Phi) is 9.62. The molecule has 1 saturated heterocycles. The number of rotatable bonds is 7. The number of hydrogen-bond acceptors (Lipinski definition) is 4. The van der Waals surface area contributed by atoms with Crippen LogP contribution in [0.2, 0.25) is 5.02 Å². The van der Waals surface area contributed by atoms with Crippen molar-refractivity contribution in [2.24, 2.45) is 16.1 Å². The Balaban J connectivity index is 0.00000392. The second kappa shape index (κ2) is 10.9. The molecule has 1 atom stereocenters. The molecule has 0 bridgehead atoms. The van der Waals surface area contributed by atoms with E-state index in [9.17, 15) is 4.79 Å². The first kappa shape index (κ1) is 24.6. The molecule has 1 aromatic rings. The fourth-order valence-corrected chi connectivity index (χ4v) is 3.04. The number of aliphatic imine (C=N–C) groups is 1. The number of anilines is 1. The lowest BCUT2D eigenvalue weighted by molar-refractivity contribution is -0.125. The number of methoxy groups -OCH3 is 1. The summed E-state index contributed by atoms with van der Waals surface area (Å²) in [6.07, 6.45) is 0.958. The van der Waals surface area contributed by atoms with Gasteiger partial charge in [0.2, 0.25) is 5.91 Å². The third-order valence-corrected chi connectivity index (χ3v) is 4.89. The molecule has 7 nitrogen and oxygen atoms in total. The van der Waals surface area contributed by atoms with Gasteiger partial charge in [-0.1, -0.05) is 11.6 Å². The van der Waals surface area contributed by atoms with Crippen LogP contribution < -0.4 is 26.0 Å². The van der Waals surface area contributed by atoms with E-state index in [-0.39, 0.29) is 35.9 Å². The molecular weight excluding hydrogens is 493 g/mol. The molecule has 2 rings (SSSR count). The van der Waals surface area contributed by atoms with Crippen molar-refractivity contribution < 1.29 is 9.53 Å². The van der Waals surface area contributed by atoms with Crippen LogP contribution in [0.4, 0.5) is 5.69 Å². The van der Waals surface area contributed by atoms with Crippen LogP contribution in [-0.2, 0) is 4.79 Å². The molecule has 1 fully saturated rings. The molecule has 28 heavy (non-hydrogen) atoms. The van der Waals surface area contributed by atoms with Gasteiger partial charge in [-0.25, -0.2) is 0 Å².